The number of nitrogens with two attached hydrogens (primary N) is 2. The van der Waals surface area contributed by atoms with Gasteiger partial charge >= 0.3 is 0 Å². The molecule has 5 N–H and O–H groups in total. The fourth-order valence-corrected chi connectivity index (χ4v) is 2.07. The van der Waals surface area contributed by atoms with Crippen molar-refractivity contribution in [1.29, 1.82) is 0 Å². The molecule has 0 saturated carbocycles. The van der Waals surface area contributed by atoms with Gasteiger partial charge in [0, 0.05) is 12.1 Å². The summed E-state index contributed by atoms with van der Waals surface area (Å²) in [7, 11) is 0. The Labute approximate surface area is 115 Å². The molecule has 1 amide bonds. The van der Waals surface area contributed by atoms with Crippen LogP contribution in [0.4, 0.5) is 11.4 Å². The molecule has 0 aliphatic carbocycles. The van der Waals surface area contributed by atoms with Gasteiger partial charge in [-0.3, -0.25) is 4.79 Å². The van der Waals surface area contributed by atoms with E-state index in [-0.39, 0.29) is 0 Å². The molecular weight excluding hydrogens is 238 g/mol. The molecule has 0 fully saturated rings. The summed E-state index contributed by atoms with van der Waals surface area (Å²) in [4.78, 5) is 11.0. The molecule has 0 bridgehead atoms. The smallest absolute Gasteiger partial charge is 0.248 e. The number of hydrogen-bond acceptors (Lipinski definition) is 3. The number of amides is 1. The highest BCUT2D eigenvalue weighted by Crippen LogP contribution is 2.21. The van der Waals surface area contributed by atoms with E-state index in [4.69, 9.17) is 11.5 Å². The van der Waals surface area contributed by atoms with Crippen LogP contribution in [0.3, 0.4) is 0 Å². The third-order valence-electron chi connectivity index (χ3n) is 3.46. The SMILES string of the molecule is CCCCC(CC)CNc1ccc(C(N)=O)cc1N. The van der Waals surface area contributed by atoms with Gasteiger partial charge in [-0.05, 0) is 30.5 Å². The van der Waals surface area contributed by atoms with E-state index in [9.17, 15) is 4.79 Å². The lowest BCUT2D eigenvalue weighted by Crippen LogP contribution is -2.15. The predicted octanol–water partition coefficient (Wildman–Crippen LogP) is 3.00. The molecule has 1 rings (SSSR count). The Kier molecular flexibility index (Phi) is 6.19. The van der Waals surface area contributed by atoms with Crippen LogP contribution in [0.2, 0.25) is 0 Å². The topological polar surface area (TPSA) is 81.1 Å². The highest BCUT2D eigenvalue weighted by molar-refractivity contribution is 5.94. The summed E-state index contributed by atoms with van der Waals surface area (Å²) in [5, 5.41) is 3.36. The van der Waals surface area contributed by atoms with Crippen LogP contribution in [-0.4, -0.2) is 12.5 Å². The van der Waals surface area contributed by atoms with E-state index in [0.717, 1.165) is 18.7 Å². The summed E-state index contributed by atoms with van der Waals surface area (Å²) < 4.78 is 0. The van der Waals surface area contributed by atoms with Gasteiger partial charge in [0.2, 0.25) is 5.91 Å². The number of anilines is 2. The molecule has 1 aromatic rings. The molecule has 1 unspecified atom stereocenters. The van der Waals surface area contributed by atoms with E-state index in [2.05, 4.69) is 19.2 Å². The highest BCUT2D eigenvalue weighted by Gasteiger charge is 2.08. The van der Waals surface area contributed by atoms with Crippen LogP contribution in [0.15, 0.2) is 18.2 Å². The summed E-state index contributed by atoms with van der Waals surface area (Å²) in [6.07, 6.45) is 4.88. The molecule has 0 heterocycles. The maximum Gasteiger partial charge on any atom is 0.248 e. The van der Waals surface area contributed by atoms with Crippen LogP contribution < -0.4 is 16.8 Å². The molecule has 0 aliphatic heterocycles. The van der Waals surface area contributed by atoms with Gasteiger partial charge in [-0.2, -0.15) is 0 Å². The van der Waals surface area contributed by atoms with Gasteiger partial charge in [0.1, 0.15) is 0 Å². The molecule has 4 heteroatoms. The fourth-order valence-electron chi connectivity index (χ4n) is 2.07. The van der Waals surface area contributed by atoms with Gasteiger partial charge in [-0.15, -0.1) is 0 Å². The van der Waals surface area contributed by atoms with Gasteiger partial charge in [0.25, 0.3) is 0 Å². The van der Waals surface area contributed by atoms with Crippen LogP contribution in [-0.2, 0) is 0 Å². The normalized spacial score (nSPS) is 12.1. The van der Waals surface area contributed by atoms with Gasteiger partial charge in [-0.1, -0.05) is 33.1 Å². The van der Waals surface area contributed by atoms with E-state index in [0.29, 0.717) is 17.2 Å². The maximum atomic E-state index is 11.0. The van der Waals surface area contributed by atoms with E-state index >= 15 is 0 Å². The average Bonchev–Trinajstić information content (AvgIpc) is 2.40. The van der Waals surface area contributed by atoms with E-state index < -0.39 is 5.91 Å². The molecule has 106 valence electrons. The number of nitrogens with one attached hydrogen (secondary N) is 1. The third-order valence-corrected chi connectivity index (χ3v) is 3.46. The Morgan fingerprint density at radius 1 is 1.37 bits per heavy atom. The zero-order chi connectivity index (χ0) is 14.3. The molecule has 4 nitrogen and oxygen atoms in total. The van der Waals surface area contributed by atoms with E-state index in [1.54, 1.807) is 12.1 Å². The number of hydrogen-bond donors (Lipinski definition) is 3. The van der Waals surface area contributed by atoms with E-state index in [1.165, 1.54) is 19.3 Å². The zero-order valence-electron chi connectivity index (χ0n) is 11.9. The number of benzene rings is 1. The van der Waals surface area contributed by atoms with Gasteiger partial charge < -0.3 is 16.8 Å². The molecule has 1 aromatic carbocycles. The summed E-state index contributed by atoms with van der Waals surface area (Å²) in [5.74, 6) is 0.211. The van der Waals surface area contributed by atoms with Crippen molar-refractivity contribution in [3.05, 3.63) is 23.8 Å². The second kappa shape index (κ2) is 7.67. The van der Waals surface area contributed by atoms with E-state index in [1.807, 2.05) is 6.07 Å². The fraction of sp³-hybridized carbons (Fsp3) is 0.533. The maximum absolute atomic E-state index is 11.0. The Hall–Kier alpha value is -1.71. The molecule has 0 saturated heterocycles. The largest absolute Gasteiger partial charge is 0.397 e. The highest BCUT2D eigenvalue weighted by atomic mass is 16.1. The van der Waals surface area contributed by atoms with Crippen molar-refractivity contribution in [3.8, 4) is 0 Å². The molecule has 1 atom stereocenters. The quantitative estimate of drug-likeness (QED) is 0.631. The average molecular weight is 263 g/mol. The second-order valence-corrected chi connectivity index (χ2v) is 4.96. The number of carbonyl (C=O) groups excluding carboxylic acids is 1. The zero-order valence-corrected chi connectivity index (χ0v) is 11.9. The number of primary amides is 1. The van der Waals surface area contributed by atoms with Crippen molar-refractivity contribution < 1.29 is 4.79 Å². The monoisotopic (exact) mass is 263 g/mol. The predicted molar refractivity (Wildman–Crippen MR) is 81.2 cm³/mol. The summed E-state index contributed by atoms with van der Waals surface area (Å²) in [5.41, 5.74) is 13.0. The molecule has 0 aliphatic rings. The number of carbonyl (C=O) groups is 1. The Balaban J connectivity index is 2.59. The van der Waals surface area contributed by atoms with Crippen LogP contribution in [0, 0.1) is 5.92 Å². The van der Waals surface area contributed by atoms with Crippen LogP contribution in [0.1, 0.15) is 49.9 Å². The molecular formula is C15H25N3O. The molecule has 0 spiro atoms. The first-order valence-corrected chi connectivity index (χ1v) is 7.01. The number of nitrogen functional groups attached to an aromatic ring is 1. The lowest BCUT2D eigenvalue weighted by atomic mass is 9.99. The van der Waals surface area contributed by atoms with Gasteiger partial charge in [0.05, 0.1) is 11.4 Å². The summed E-state index contributed by atoms with van der Waals surface area (Å²) in [6.45, 7) is 5.33. The molecule has 0 radical (unpaired) electrons. The minimum Gasteiger partial charge on any atom is -0.397 e. The van der Waals surface area contributed by atoms with Crippen LogP contribution in [0.25, 0.3) is 0 Å². The van der Waals surface area contributed by atoms with Crippen molar-refractivity contribution in [3.63, 3.8) is 0 Å². The first-order valence-electron chi connectivity index (χ1n) is 7.01. The number of unbranched alkanes of at least 4 members (excludes halogenated alkanes) is 1. The first kappa shape index (κ1) is 15.3. The lowest BCUT2D eigenvalue weighted by Gasteiger charge is -2.17. The van der Waals surface area contributed by atoms with Crippen molar-refractivity contribution >= 4 is 17.3 Å². The van der Waals surface area contributed by atoms with Crippen LogP contribution in [0.5, 0.6) is 0 Å². The summed E-state index contributed by atoms with van der Waals surface area (Å²) >= 11 is 0. The van der Waals surface area contributed by atoms with Crippen molar-refractivity contribution in [2.24, 2.45) is 11.7 Å². The third kappa shape index (κ3) is 4.81. The molecule has 19 heavy (non-hydrogen) atoms. The van der Waals surface area contributed by atoms with Gasteiger partial charge in [0.15, 0.2) is 0 Å². The molecule has 0 aromatic heterocycles. The Morgan fingerprint density at radius 3 is 2.63 bits per heavy atom. The minimum absolute atomic E-state index is 0.445. The van der Waals surface area contributed by atoms with Crippen LogP contribution >= 0.6 is 0 Å². The minimum atomic E-state index is -0.451. The standard InChI is InChI=1S/C15H25N3O/c1-3-5-6-11(4-2)10-18-14-8-7-12(15(17)19)9-13(14)16/h7-9,11,18H,3-6,10,16H2,1-2H3,(H2,17,19). The number of rotatable bonds is 8. The van der Waals surface area contributed by atoms with Crippen molar-refractivity contribution in [2.75, 3.05) is 17.6 Å². The van der Waals surface area contributed by atoms with Crippen molar-refractivity contribution in [2.45, 2.75) is 39.5 Å². The second-order valence-electron chi connectivity index (χ2n) is 4.96. The Bertz CT molecular complexity index is 418. The first-order chi connectivity index (χ1) is 9.08. The van der Waals surface area contributed by atoms with Gasteiger partial charge in [-0.25, -0.2) is 0 Å². The Morgan fingerprint density at radius 2 is 2.11 bits per heavy atom. The van der Waals surface area contributed by atoms with Crippen molar-refractivity contribution in [1.82, 2.24) is 0 Å². The summed E-state index contributed by atoms with van der Waals surface area (Å²) in [6, 6.07) is 5.15. The lowest BCUT2D eigenvalue weighted by molar-refractivity contribution is 0.100.